The van der Waals surface area contributed by atoms with Crippen molar-refractivity contribution >= 4 is 5.97 Å². The fraction of sp³-hybridized carbons (Fsp3) is 0.857. The average Bonchev–Trinajstić information content (AvgIpc) is 2.38. The van der Waals surface area contributed by atoms with Crippen LogP contribution < -0.4 is 0 Å². The summed E-state index contributed by atoms with van der Waals surface area (Å²) in [5, 5.41) is 0. The molecule has 2 unspecified atom stereocenters. The minimum Gasteiger partial charge on any atom is -0.463 e. The van der Waals surface area contributed by atoms with Crippen molar-refractivity contribution in [2.45, 2.75) is 60.0 Å². The summed E-state index contributed by atoms with van der Waals surface area (Å²) in [6, 6.07) is 0. The molecule has 1 heterocycles. The zero-order chi connectivity index (χ0) is 13.3. The van der Waals surface area contributed by atoms with Gasteiger partial charge < -0.3 is 4.74 Å². The number of ether oxygens (including phenoxy) is 2. The largest absolute Gasteiger partial charge is 0.463 e. The molecule has 0 aromatic rings. The second kappa shape index (κ2) is 4.89. The van der Waals surface area contributed by atoms with E-state index < -0.39 is 0 Å². The molecule has 3 heteroatoms. The van der Waals surface area contributed by atoms with Gasteiger partial charge in [0.1, 0.15) is 12.5 Å². The molecule has 1 aliphatic heterocycles. The van der Waals surface area contributed by atoms with Crippen LogP contribution in [0.5, 0.6) is 0 Å². The molecule has 0 N–H and O–H groups in total. The van der Waals surface area contributed by atoms with Crippen LogP contribution in [0, 0.1) is 17.4 Å². The minimum atomic E-state index is -0.236. The molecule has 0 aliphatic carbocycles. The highest BCUT2D eigenvalue weighted by Gasteiger charge is 2.55. The minimum absolute atomic E-state index is 0.150. The molecule has 0 aromatic carbocycles. The highest BCUT2D eigenvalue weighted by atomic mass is 16.5. The first-order valence-electron chi connectivity index (χ1n) is 6.36. The molecular formula is C14H25O3+. The fourth-order valence-corrected chi connectivity index (χ4v) is 2.80. The van der Waals surface area contributed by atoms with Crippen LogP contribution in [0.4, 0.5) is 0 Å². The molecule has 0 amide bonds. The van der Waals surface area contributed by atoms with Gasteiger partial charge in [0.05, 0.1) is 6.61 Å². The van der Waals surface area contributed by atoms with E-state index in [4.69, 9.17) is 9.47 Å². The summed E-state index contributed by atoms with van der Waals surface area (Å²) >= 11 is 0. The molecule has 1 rings (SSSR count). The molecule has 0 bridgehead atoms. The predicted molar refractivity (Wildman–Crippen MR) is 67.2 cm³/mol. The topological polar surface area (TPSA) is 35.5 Å². The summed E-state index contributed by atoms with van der Waals surface area (Å²) in [6.45, 7) is 12.8. The van der Waals surface area contributed by atoms with E-state index in [1.165, 1.54) is 0 Å². The van der Waals surface area contributed by atoms with Gasteiger partial charge >= 0.3 is 5.97 Å². The Kier molecular flexibility index (Phi) is 4.13. The first-order chi connectivity index (χ1) is 7.67. The number of esters is 1. The molecule has 1 saturated heterocycles. The molecule has 0 saturated carbocycles. The van der Waals surface area contributed by atoms with Crippen molar-refractivity contribution in [2.24, 2.45) is 11.3 Å². The van der Waals surface area contributed by atoms with Gasteiger partial charge in [-0.2, -0.15) is 4.74 Å². The third kappa shape index (κ3) is 3.91. The van der Waals surface area contributed by atoms with Crippen LogP contribution in [0.2, 0.25) is 0 Å². The van der Waals surface area contributed by atoms with Crippen LogP contribution in [0.1, 0.15) is 54.4 Å². The maximum Gasteiger partial charge on any atom is 0.358 e. The Morgan fingerprint density at radius 3 is 2.59 bits per heavy atom. The van der Waals surface area contributed by atoms with Crippen LogP contribution in [0.15, 0.2) is 0 Å². The molecule has 0 radical (unpaired) electrons. The van der Waals surface area contributed by atoms with E-state index in [0.717, 1.165) is 18.9 Å². The third-order valence-electron chi connectivity index (χ3n) is 3.01. The number of carbonyl (C=O) groups is 1. The fourth-order valence-electron chi connectivity index (χ4n) is 2.80. The van der Waals surface area contributed by atoms with Gasteiger partial charge in [-0.25, -0.2) is 4.79 Å². The standard InChI is InChI=1S/C14H25O3/c1-7-16-12(15)11-8-14(6,17-10(11)2)9-13(3,4)5/h11H,7-9H2,1-6H3/q+1. The molecule has 0 spiro atoms. The molecule has 2 atom stereocenters. The quantitative estimate of drug-likeness (QED) is 0.561. The van der Waals surface area contributed by atoms with Gasteiger partial charge in [0.2, 0.25) is 5.92 Å². The summed E-state index contributed by atoms with van der Waals surface area (Å²) in [7, 11) is 0. The molecule has 1 fully saturated rings. The van der Waals surface area contributed by atoms with Gasteiger partial charge in [-0.05, 0) is 25.7 Å². The van der Waals surface area contributed by atoms with Gasteiger partial charge in [-0.3, -0.25) is 0 Å². The molecule has 0 aromatic heterocycles. The smallest absolute Gasteiger partial charge is 0.358 e. The van der Waals surface area contributed by atoms with Crippen molar-refractivity contribution in [3.05, 3.63) is 6.10 Å². The Morgan fingerprint density at radius 2 is 2.12 bits per heavy atom. The van der Waals surface area contributed by atoms with E-state index in [-0.39, 0.29) is 22.9 Å². The lowest BCUT2D eigenvalue weighted by Crippen LogP contribution is -2.30. The van der Waals surface area contributed by atoms with Crippen molar-refractivity contribution in [1.29, 1.82) is 0 Å². The van der Waals surface area contributed by atoms with Crippen LogP contribution >= 0.6 is 0 Å². The van der Waals surface area contributed by atoms with Gasteiger partial charge in [-0.15, -0.1) is 0 Å². The lowest BCUT2D eigenvalue weighted by atomic mass is 9.80. The maximum absolute atomic E-state index is 11.8. The Hall–Kier alpha value is -0.700. The van der Waals surface area contributed by atoms with Gasteiger partial charge in [0.25, 0.3) is 6.10 Å². The van der Waals surface area contributed by atoms with E-state index in [0.29, 0.717) is 6.61 Å². The predicted octanol–water partition coefficient (Wildman–Crippen LogP) is 3.33. The summed E-state index contributed by atoms with van der Waals surface area (Å²) in [5.74, 6) is -0.343. The van der Waals surface area contributed by atoms with Gasteiger partial charge in [0, 0.05) is 6.42 Å². The number of rotatable bonds is 3. The maximum atomic E-state index is 11.8. The van der Waals surface area contributed by atoms with Crippen LogP contribution in [-0.4, -0.2) is 18.2 Å². The lowest BCUT2D eigenvalue weighted by Gasteiger charge is -2.27. The van der Waals surface area contributed by atoms with Crippen LogP contribution in [-0.2, 0) is 14.3 Å². The monoisotopic (exact) mass is 241 g/mol. The van der Waals surface area contributed by atoms with Crippen molar-refractivity contribution in [3.8, 4) is 0 Å². The summed E-state index contributed by atoms with van der Waals surface area (Å²) in [4.78, 5) is 11.8. The zero-order valence-electron chi connectivity index (χ0n) is 11.9. The summed E-state index contributed by atoms with van der Waals surface area (Å²) < 4.78 is 11.0. The van der Waals surface area contributed by atoms with Crippen molar-refractivity contribution in [2.75, 3.05) is 6.61 Å². The number of hydrogen-bond donors (Lipinski definition) is 0. The van der Waals surface area contributed by atoms with Gasteiger partial charge in [-0.1, -0.05) is 20.8 Å². The Balaban J connectivity index is 2.68. The van der Waals surface area contributed by atoms with Crippen molar-refractivity contribution < 1.29 is 14.3 Å². The summed E-state index contributed by atoms with van der Waals surface area (Å²) in [5.41, 5.74) is -0.0433. The zero-order valence-corrected chi connectivity index (χ0v) is 11.9. The number of carbonyl (C=O) groups excluding carboxylic acids is 1. The molecule has 98 valence electrons. The second-order valence-corrected chi connectivity index (χ2v) is 6.41. The van der Waals surface area contributed by atoms with E-state index in [1.54, 1.807) is 0 Å². The lowest BCUT2D eigenvalue weighted by molar-refractivity contribution is -0.147. The van der Waals surface area contributed by atoms with E-state index in [9.17, 15) is 4.79 Å². The SMILES string of the molecule is CCOC(=O)C1CC(C)(CC(C)(C)C)O[C+]1C. The van der Waals surface area contributed by atoms with Crippen LogP contribution in [0.3, 0.4) is 0 Å². The first-order valence-corrected chi connectivity index (χ1v) is 6.36. The van der Waals surface area contributed by atoms with Crippen molar-refractivity contribution in [1.82, 2.24) is 0 Å². The summed E-state index contributed by atoms with van der Waals surface area (Å²) in [6.07, 6.45) is 2.47. The highest BCUT2D eigenvalue weighted by molar-refractivity contribution is 5.75. The third-order valence-corrected chi connectivity index (χ3v) is 3.01. The second-order valence-electron chi connectivity index (χ2n) is 6.41. The molecule has 3 nitrogen and oxygen atoms in total. The Labute approximate surface area is 105 Å². The molecule has 17 heavy (non-hydrogen) atoms. The van der Waals surface area contributed by atoms with Crippen molar-refractivity contribution in [3.63, 3.8) is 0 Å². The van der Waals surface area contributed by atoms with E-state index >= 15 is 0 Å². The normalized spacial score (nSPS) is 29.5. The highest BCUT2D eigenvalue weighted by Crippen LogP contribution is 2.45. The van der Waals surface area contributed by atoms with Gasteiger partial charge in [0.15, 0.2) is 0 Å². The first kappa shape index (κ1) is 14.4. The molecule has 1 aliphatic rings. The van der Waals surface area contributed by atoms with E-state index in [2.05, 4.69) is 27.7 Å². The van der Waals surface area contributed by atoms with Crippen LogP contribution in [0.25, 0.3) is 0 Å². The number of hydrogen-bond acceptors (Lipinski definition) is 3. The van der Waals surface area contributed by atoms with E-state index in [1.807, 2.05) is 13.8 Å². The Bertz CT molecular complexity index is 280. The molecular weight excluding hydrogens is 216 g/mol. The Morgan fingerprint density at radius 1 is 1.53 bits per heavy atom. The average molecular weight is 241 g/mol.